The summed E-state index contributed by atoms with van der Waals surface area (Å²) in [5, 5.41) is 20.8. The Balaban J connectivity index is 2.55. The van der Waals surface area contributed by atoms with Crippen LogP contribution in [0.15, 0.2) is 0 Å². The van der Waals surface area contributed by atoms with Crippen molar-refractivity contribution in [2.45, 2.75) is 38.2 Å². The minimum absolute atomic E-state index is 0.00917. The molecule has 4 nitrogen and oxygen atoms in total. The Labute approximate surface area is 72.9 Å². The molecule has 1 rings (SSSR count). The first-order valence-electron chi connectivity index (χ1n) is 4.28. The smallest absolute Gasteiger partial charge is 0.160 e. The van der Waals surface area contributed by atoms with Crippen LogP contribution in [0, 0.1) is 5.21 Å². The Morgan fingerprint density at radius 2 is 2.00 bits per heavy atom. The Kier molecular flexibility index (Phi) is 2.73. The maximum Gasteiger partial charge on any atom is 0.160 e. The average Bonchev–Trinajstić information content (AvgIpc) is 1.82. The van der Waals surface area contributed by atoms with Gasteiger partial charge in [0, 0.05) is 6.42 Å². The number of hydrogen-bond donors (Lipinski definition) is 1. The van der Waals surface area contributed by atoms with Gasteiger partial charge in [-0.1, -0.05) is 0 Å². The van der Waals surface area contributed by atoms with Crippen molar-refractivity contribution >= 4 is 0 Å². The Bertz CT molecular complexity index is 145. The predicted molar refractivity (Wildman–Crippen MR) is 45.1 cm³/mol. The van der Waals surface area contributed by atoms with Crippen molar-refractivity contribution in [2.24, 2.45) is 0 Å². The highest BCUT2D eigenvalue weighted by Gasteiger charge is 2.32. The molecule has 0 aromatic rings. The van der Waals surface area contributed by atoms with E-state index >= 15 is 0 Å². The van der Waals surface area contributed by atoms with E-state index in [2.05, 4.69) is 0 Å². The van der Waals surface area contributed by atoms with Gasteiger partial charge >= 0.3 is 0 Å². The van der Waals surface area contributed by atoms with Crippen LogP contribution >= 0.6 is 0 Å². The summed E-state index contributed by atoms with van der Waals surface area (Å²) in [5.41, 5.74) is 0. The average molecular weight is 175 g/mol. The molecule has 4 heteroatoms. The van der Waals surface area contributed by atoms with Crippen LogP contribution in [-0.2, 0) is 4.74 Å². The molecule has 72 valence electrons. The van der Waals surface area contributed by atoms with E-state index in [4.69, 9.17) is 4.74 Å². The zero-order valence-electron chi connectivity index (χ0n) is 7.86. The molecule has 0 bridgehead atoms. The third kappa shape index (κ3) is 2.42. The summed E-state index contributed by atoms with van der Waals surface area (Å²) >= 11 is 0. The molecule has 0 aliphatic carbocycles. The number of aliphatic hydroxyl groups is 1. The molecule has 0 spiro atoms. The highest BCUT2D eigenvalue weighted by molar-refractivity contribution is 4.71. The molecule has 0 amide bonds. The summed E-state index contributed by atoms with van der Waals surface area (Å²) < 4.78 is 4.78. The summed E-state index contributed by atoms with van der Waals surface area (Å²) in [5.74, 6) is 0. The second kappa shape index (κ2) is 3.30. The van der Waals surface area contributed by atoms with E-state index in [0.717, 1.165) is 6.42 Å². The Morgan fingerprint density at radius 1 is 1.42 bits per heavy atom. The molecule has 3 atom stereocenters. The number of ether oxygens (including phenoxy) is 1. The van der Waals surface area contributed by atoms with Crippen LogP contribution in [0.4, 0.5) is 0 Å². The number of quaternary nitrogens is 1. The highest BCUT2D eigenvalue weighted by Crippen LogP contribution is 2.24. The summed E-state index contributed by atoms with van der Waals surface area (Å²) in [6, 6.07) is -0.0382. The van der Waals surface area contributed by atoms with Gasteiger partial charge in [-0.2, -0.15) is 0 Å². The Hall–Kier alpha value is -0.160. The molecule has 1 fully saturated rings. The number of hydrogen-bond acceptors (Lipinski definition) is 3. The lowest BCUT2D eigenvalue weighted by molar-refractivity contribution is -0.870. The fraction of sp³-hybridized carbons (Fsp3) is 1.00. The number of rotatable bonds is 1. The lowest BCUT2D eigenvalue weighted by Crippen LogP contribution is -2.50. The van der Waals surface area contributed by atoms with E-state index in [1.54, 1.807) is 14.1 Å². The fourth-order valence-electron chi connectivity index (χ4n) is 1.60. The molecular formula is C8H17NO3. The molecule has 1 N–H and O–H groups in total. The topological polar surface area (TPSA) is 52.5 Å². The molecule has 1 aliphatic rings. The van der Waals surface area contributed by atoms with E-state index < -0.39 is 6.29 Å². The number of hydroxylamine groups is 3. The molecule has 1 saturated heterocycles. The van der Waals surface area contributed by atoms with Crippen molar-refractivity contribution in [3.63, 3.8) is 0 Å². The molecule has 0 saturated carbocycles. The first-order valence-corrected chi connectivity index (χ1v) is 4.28. The summed E-state index contributed by atoms with van der Waals surface area (Å²) in [7, 11) is 3.21. The van der Waals surface area contributed by atoms with Crippen LogP contribution in [0.1, 0.15) is 19.8 Å². The van der Waals surface area contributed by atoms with Crippen molar-refractivity contribution < 1.29 is 14.5 Å². The third-order valence-electron chi connectivity index (χ3n) is 2.35. The van der Waals surface area contributed by atoms with Gasteiger partial charge in [0.2, 0.25) is 0 Å². The molecule has 0 aromatic heterocycles. The van der Waals surface area contributed by atoms with E-state index in [1.165, 1.54) is 0 Å². The SMILES string of the molecule is C[C@@H]1C[C@H]([N+](C)(C)[O-])CC(O)O1. The van der Waals surface area contributed by atoms with Gasteiger partial charge in [0.25, 0.3) is 0 Å². The zero-order valence-corrected chi connectivity index (χ0v) is 7.86. The van der Waals surface area contributed by atoms with E-state index in [0.29, 0.717) is 6.42 Å². The van der Waals surface area contributed by atoms with Crippen molar-refractivity contribution in [2.75, 3.05) is 14.1 Å². The maximum atomic E-state index is 11.5. The third-order valence-corrected chi connectivity index (χ3v) is 2.35. The molecule has 1 unspecified atom stereocenters. The summed E-state index contributed by atoms with van der Waals surface area (Å²) in [4.78, 5) is 0. The number of aliphatic hydroxyl groups excluding tert-OH is 1. The predicted octanol–water partition coefficient (Wildman–Crippen LogP) is 0.446. The normalized spacial score (nSPS) is 38.2. The monoisotopic (exact) mass is 175 g/mol. The van der Waals surface area contributed by atoms with Crippen molar-refractivity contribution in [1.82, 2.24) is 0 Å². The van der Waals surface area contributed by atoms with Crippen LogP contribution in [-0.4, -0.2) is 42.3 Å². The first kappa shape index (κ1) is 9.92. The largest absolute Gasteiger partial charge is 0.633 e. The lowest BCUT2D eigenvalue weighted by Gasteiger charge is -2.45. The van der Waals surface area contributed by atoms with Crippen LogP contribution < -0.4 is 0 Å². The maximum absolute atomic E-state index is 11.5. The minimum atomic E-state index is -0.759. The van der Waals surface area contributed by atoms with Gasteiger partial charge in [0.05, 0.1) is 32.7 Å². The van der Waals surface area contributed by atoms with Crippen LogP contribution in [0.2, 0.25) is 0 Å². The second-order valence-corrected chi connectivity index (χ2v) is 3.96. The van der Waals surface area contributed by atoms with Gasteiger partial charge < -0.3 is 19.7 Å². The summed E-state index contributed by atoms with van der Waals surface area (Å²) in [6.07, 6.45) is 0.407. The second-order valence-electron chi connectivity index (χ2n) is 3.96. The lowest BCUT2D eigenvalue weighted by atomic mass is 10.0. The first-order chi connectivity index (χ1) is 5.39. The summed E-state index contributed by atoms with van der Waals surface area (Å²) in [6.45, 7) is 1.88. The number of nitrogens with zero attached hydrogens (tertiary/aromatic N) is 1. The van der Waals surface area contributed by atoms with Gasteiger partial charge in [-0.05, 0) is 6.92 Å². The fourth-order valence-corrected chi connectivity index (χ4v) is 1.60. The molecule has 1 heterocycles. The zero-order chi connectivity index (χ0) is 9.35. The molecule has 0 aromatic carbocycles. The van der Waals surface area contributed by atoms with Gasteiger partial charge in [-0.15, -0.1) is 0 Å². The molecule has 1 aliphatic heterocycles. The minimum Gasteiger partial charge on any atom is -0.633 e. The van der Waals surface area contributed by atoms with Crippen molar-refractivity contribution in [3.05, 3.63) is 5.21 Å². The van der Waals surface area contributed by atoms with Crippen molar-refractivity contribution in [3.8, 4) is 0 Å². The molecule has 0 radical (unpaired) electrons. The standard InChI is InChI=1S/C8H17NO3/c1-6-4-7(9(2,3)11)5-8(10)12-6/h6-8,10H,4-5H2,1-3H3/t6-,7+,8?/m1/s1. The van der Waals surface area contributed by atoms with Crippen molar-refractivity contribution in [1.29, 1.82) is 0 Å². The van der Waals surface area contributed by atoms with Crippen LogP contribution in [0.5, 0.6) is 0 Å². The Morgan fingerprint density at radius 3 is 2.42 bits per heavy atom. The molecule has 12 heavy (non-hydrogen) atoms. The van der Waals surface area contributed by atoms with Gasteiger partial charge in [-0.25, -0.2) is 0 Å². The van der Waals surface area contributed by atoms with Gasteiger partial charge in [0.1, 0.15) is 0 Å². The van der Waals surface area contributed by atoms with E-state index in [9.17, 15) is 10.3 Å². The van der Waals surface area contributed by atoms with Crippen LogP contribution in [0.25, 0.3) is 0 Å². The van der Waals surface area contributed by atoms with Crippen LogP contribution in [0.3, 0.4) is 0 Å². The van der Waals surface area contributed by atoms with E-state index in [-0.39, 0.29) is 16.8 Å². The van der Waals surface area contributed by atoms with Gasteiger partial charge in [-0.3, -0.25) is 0 Å². The molecular weight excluding hydrogens is 158 g/mol. The van der Waals surface area contributed by atoms with E-state index in [1.807, 2.05) is 6.92 Å². The quantitative estimate of drug-likeness (QED) is 0.465. The van der Waals surface area contributed by atoms with Gasteiger partial charge in [0.15, 0.2) is 6.29 Å². The highest BCUT2D eigenvalue weighted by atomic mass is 16.6.